The van der Waals surface area contributed by atoms with Crippen LogP contribution >= 0.6 is 0 Å². The SMILES string of the molecule is CCN(CC(=O)NCc1ccc(F)cc1)C(=O)CCCNC(=O)c1ccc(F)cc1F. The molecular weight excluding hydrogens is 411 g/mol. The lowest BCUT2D eigenvalue weighted by Crippen LogP contribution is -2.40. The molecule has 0 aliphatic heterocycles. The molecule has 0 unspecified atom stereocenters. The highest BCUT2D eigenvalue weighted by Crippen LogP contribution is 2.09. The summed E-state index contributed by atoms with van der Waals surface area (Å²) in [6, 6.07) is 8.38. The van der Waals surface area contributed by atoms with E-state index in [0.29, 0.717) is 19.0 Å². The number of halogens is 3. The maximum Gasteiger partial charge on any atom is 0.254 e. The molecule has 2 N–H and O–H groups in total. The number of rotatable bonds is 10. The van der Waals surface area contributed by atoms with E-state index in [1.54, 1.807) is 19.1 Å². The van der Waals surface area contributed by atoms with E-state index in [-0.39, 0.29) is 49.3 Å². The molecule has 2 aromatic rings. The summed E-state index contributed by atoms with van der Waals surface area (Å²) in [6.07, 6.45) is 0.381. The fourth-order valence-electron chi connectivity index (χ4n) is 2.78. The van der Waals surface area contributed by atoms with Crippen LogP contribution in [-0.2, 0) is 16.1 Å². The molecule has 0 atom stereocenters. The Kier molecular flexibility index (Phi) is 9.05. The molecule has 9 heteroatoms. The highest BCUT2D eigenvalue weighted by Gasteiger charge is 2.16. The van der Waals surface area contributed by atoms with Gasteiger partial charge in [-0.05, 0) is 43.2 Å². The zero-order valence-corrected chi connectivity index (χ0v) is 17.1. The third-order valence-electron chi connectivity index (χ3n) is 4.50. The summed E-state index contributed by atoms with van der Waals surface area (Å²) in [6.45, 7) is 2.29. The summed E-state index contributed by atoms with van der Waals surface area (Å²) in [5.41, 5.74) is 0.457. The third-order valence-corrected chi connectivity index (χ3v) is 4.50. The quantitative estimate of drug-likeness (QED) is 0.564. The van der Waals surface area contributed by atoms with Crippen molar-refractivity contribution in [1.29, 1.82) is 0 Å². The number of amides is 3. The highest BCUT2D eigenvalue weighted by atomic mass is 19.1. The first kappa shape index (κ1) is 23.9. The van der Waals surface area contributed by atoms with Gasteiger partial charge in [0.05, 0.1) is 12.1 Å². The largest absolute Gasteiger partial charge is 0.352 e. The van der Waals surface area contributed by atoms with Gasteiger partial charge in [-0.3, -0.25) is 14.4 Å². The number of benzene rings is 2. The molecule has 0 spiro atoms. The predicted molar refractivity (Wildman–Crippen MR) is 108 cm³/mol. The van der Waals surface area contributed by atoms with Crippen molar-refractivity contribution in [2.24, 2.45) is 0 Å². The zero-order valence-electron chi connectivity index (χ0n) is 17.1. The minimum Gasteiger partial charge on any atom is -0.352 e. The van der Waals surface area contributed by atoms with E-state index in [9.17, 15) is 27.6 Å². The van der Waals surface area contributed by atoms with Gasteiger partial charge >= 0.3 is 0 Å². The Balaban J connectivity index is 1.72. The van der Waals surface area contributed by atoms with Crippen LogP contribution in [0.3, 0.4) is 0 Å². The van der Waals surface area contributed by atoms with Gasteiger partial charge < -0.3 is 15.5 Å². The summed E-state index contributed by atoms with van der Waals surface area (Å²) >= 11 is 0. The molecule has 31 heavy (non-hydrogen) atoms. The van der Waals surface area contributed by atoms with Crippen LogP contribution < -0.4 is 10.6 Å². The van der Waals surface area contributed by atoms with Gasteiger partial charge in [0.2, 0.25) is 11.8 Å². The van der Waals surface area contributed by atoms with Crippen LogP contribution in [0.1, 0.15) is 35.7 Å². The van der Waals surface area contributed by atoms with Gasteiger partial charge in [0, 0.05) is 32.1 Å². The summed E-state index contributed by atoms with van der Waals surface area (Å²) in [5.74, 6) is -3.41. The van der Waals surface area contributed by atoms with E-state index < -0.39 is 17.5 Å². The van der Waals surface area contributed by atoms with Crippen LogP contribution in [0.4, 0.5) is 13.2 Å². The number of likely N-dealkylation sites (N-methyl/N-ethyl adjacent to an activating group) is 1. The van der Waals surface area contributed by atoms with Gasteiger partial charge in [-0.1, -0.05) is 12.1 Å². The number of carbonyl (C=O) groups is 3. The number of carbonyl (C=O) groups excluding carboxylic acids is 3. The fourth-order valence-corrected chi connectivity index (χ4v) is 2.78. The van der Waals surface area contributed by atoms with Crippen molar-refractivity contribution in [3.05, 3.63) is 71.0 Å². The minimum atomic E-state index is -0.961. The van der Waals surface area contributed by atoms with Crippen LogP contribution in [0, 0.1) is 17.5 Å². The van der Waals surface area contributed by atoms with E-state index in [2.05, 4.69) is 10.6 Å². The molecule has 0 aliphatic rings. The monoisotopic (exact) mass is 435 g/mol. The van der Waals surface area contributed by atoms with Crippen molar-refractivity contribution >= 4 is 17.7 Å². The molecule has 3 amide bonds. The average molecular weight is 435 g/mol. The van der Waals surface area contributed by atoms with Crippen LogP contribution in [0.15, 0.2) is 42.5 Å². The van der Waals surface area contributed by atoms with Gasteiger partial charge in [-0.2, -0.15) is 0 Å². The summed E-state index contributed by atoms with van der Waals surface area (Å²) in [7, 11) is 0. The molecule has 0 radical (unpaired) electrons. The van der Waals surface area contributed by atoms with Crippen molar-refractivity contribution in [1.82, 2.24) is 15.5 Å². The standard InChI is InChI=1S/C22H24F3N3O3/c1-2-28(14-20(29)27-13-15-5-7-16(23)8-6-15)21(30)4-3-11-26-22(31)18-10-9-17(24)12-19(18)25/h5-10,12H,2-4,11,13-14H2,1H3,(H,26,31)(H,27,29). The summed E-state index contributed by atoms with van der Waals surface area (Å²) in [5, 5.41) is 5.15. The molecule has 0 fully saturated rings. The molecule has 0 aromatic heterocycles. The first-order chi connectivity index (χ1) is 14.8. The van der Waals surface area contributed by atoms with Crippen molar-refractivity contribution in [3.63, 3.8) is 0 Å². The molecule has 166 valence electrons. The van der Waals surface area contributed by atoms with E-state index in [1.165, 1.54) is 17.0 Å². The average Bonchev–Trinajstić information content (AvgIpc) is 2.74. The van der Waals surface area contributed by atoms with Gasteiger partial charge in [-0.15, -0.1) is 0 Å². The second-order valence-electron chi connectivity index (χ2n) is 6.79. The number of nitrogens with zero attached hydrogens (tertiary/aromatic N) is 1. The number of nitrogens with one attached hydrogen (secondary N) is 2. The third kappa shape index (κ3) is 7.76. The van der Waals surface area contributed by atoms with Gasteiger partial charge in [0.15, 0.2) is 0 Å². The van der Waals surface area contributed by atoms with Crippen LogP contribution in [0.5, 0.6) is 0 Å². The number of hydrogen-bond donors (Lipinski definition) is 2. The minimum absolute atomic E-state index is 0.0886. The fraction of sp³-hybridized carbons (Fsp3) is 0.318. The lowest BCUT2D eigenvalue weighted by Gasteiger charge is -2.20. The molecule has 0 saturated heterocycles. The van der Waals surface area contributed by atoms with Crippen molar-refractivity contribution in [3.8, 4) is 0 Å². The first-order valence-corrected chi connectivity index (χ1v) is 9.82. The van der Waals surface area contributed by atoms with Crippen molar-refractivity contribution in [2.45, 2.75) is 26.3 Å². The van der Waals surface area contributed by atoms with Crippen LogP contribution in [0.2, 0.25) is 0 Å². The second kappa shape index (κ2) is 11.7. The maximum absolute atomic E-state index is 13.6. The second-order valence-corrected chi connectivity index (χ2v) is 6.79. The lowest BCUT2D eigenvalue weighted by atomic mass is 10.2. The molecule has 0 saturated carbocycles. The molecule has 2 aromatic carbocycles. The Morgan fingerprint density at radius 1 is 0.935 bits per heavy atom. The Bertz CT molecular complexity index is 920. The molecule has 6 nitrogen and oxygen atoms in total. The van der Waals surface area contributed by atoms with Gasteiger partial charge in [0.25, 0.3) is 5.91 Å². The number of hydrogen-bond acceptors (Lipinski definition) is 3. The molecule has 0 aliphatic carbocycles. The smallest absolute Gasteiger partial charge is 0.254 e. The Hall–Kier alpha value is -3.36. The van der Waals surface area contributed by atoms with Crippen LogP contribution in [0.25, 0.3) is 0 Å². The van der Waals surface area contributed by atoms with E-state index in [0.717, 1.165) is 17.7 Å². The van der Waals surface area contributed by atoms with Gasteiger partial charge in [0.1, 0.15) is 17.5 Å². The zero-order chi connectivity index (χ0) is 22.8. The molecular formula is C22H24F3N3O3. The lowest BCUT2D eigenvalue weighted by molar-refractivity contribution is -0.136. The topological polar surface area (TPSA) is 78.5 Å². The molecule has 0 heterocycles. The van der Waals surface area contributed by atoms with Crippen molar-refractivity contribution < 1.29 is 27.6 Å². The van der Waals surface area contributed by atoms with Crippen molar-refractivity contribution in [2.75, 3.05) is 19.6 Å². The summed E-state index contributed by atoms with van der Waals surface area (Å²) in [4.78, 5) is 37.7. The normalized spacial score (nSPS) is 10.5. The highest BCUT2D eigenvalue weighted by molar-refractivity contribution is 5.94. The maximum atomic E-state index is 13.6. The summed E-state index contributed by atoms with van der Waals surface area (Å²) < 4.78 is 39.4. The van der Waals surface area contributed by atoms with E-state index in [4.69, 9.17) is 0 Å². The first-order valence-electron chi connectivity index (χ1n) is 9.82. The van der Waals surface area contributed by atoms with E-state index in [1.807, 2.05) is 0 Å². The Labute approximate surface area is 178 Å². The molecule has 2 rings (SSSR count). The predicted octanol–water partition coefficient (Wildman–Crippen LogP) is 2.78. The Morgan fingerprint density at radius 3 is 2.26 bits per heavy atom. The van der Waals surface area contributed by atoms with Crippen LogP contribution in [-0.4, -0.2) is 42.3 Å². The van der Waals surface area contributed by atoms with Gasteiger partial charge in [-0.25, -0.2) is 13.2 Å². The Morgan fingerprint density at radius 2 is 1.61 bits per heavy atom. The molecule has 0 bridgehead atoms. The van der Waals surface area contributed by atoms with E-state index >= 15 is 0 Å².